The van der Waals surface area contributed by atoms with Crippen molar-refractivity contribution in [1.82, 2.24) is 19.9 Å². The van der Waals surface area contributed by atoms with Crippen LogP contribution in [0.25, 0.3) is 32.5 Å². The number of morpholine rings is 1. The second-order valence-corrected chi connectivity index (χ2v) is 8.09. The standard InChI is InChI=1S/C21H20N4O2S/c1-13-8-14(12-25-3-5-27-6-4-25)9-16-19(13)23-20(24-21(16)26)17-10-18-15(11-22-17)2-7-28-18/h2,7-11H,3-6,12H2,1H3,(H,23,24,26). The lowest BCUT2D eigenvalue weighted by Gasteiger charge is -2.26. The van der Waals surface area contributed by atoms with Crippen molar-refractivity contribution in [2.75, 3.05) is 26.3 Å². The van der Waals surface area contributed by atoms with Crippen molar-refractivity contribution in [3.63, 3.8) is 0 Å². The molecular formula is C21H20N4O2S. The summed E-state index contributed by atoms with van der Waals surface area (Å²) < 4.78 is 6.55. The molecule has 4 heterocycles. The van der Waals surface area contributed by atoms with Gasteiger partial charge in [0.25, 0.3) is 5.56 Å². The molecular weight excluding hydrogens is 372 g/mol. The maximum atomic E-state index is 12.8. The fourth-order valence-electron chi connectivity index (χ4n) is 3.71. The number of nitrogens with zero attached hydrogens (tertiary/aromatic N) is 3. The maximum absolute atomic E-state index is 12.8. The number of aromatic amines is 1. The van der Waals surface area contributed by atoms with Crippen molar-refractivity contribution in [2.24, 2.45) is 0 Å². The normalized spacial score (nSPS) is 15.5. The molecule has 0 spiro atoms. The van der Waals surface area contributed by atoms with Gasteiger partial charge in [-0.3, -0.25) is 14.7 Å². The smallest absolute Gasteiger partial charge is 0.259 e. The van der Waals surface area contributed by atoms with Crippen molar-refractivity contribution in [2.45, 2.75) is 13.5 Å². The summed E-state index contributed by atoms with van der Waals surface area (Å²) in [5, 5.41) is 3.76. The molecule has 6 nitrogen and oxygen atoms in total. The molecule has 3 aromatic heterocycles. The molecule has 1 aromatic carbocycles. The largest absolute Gasteiger partial charge is 0.379 e. The average molecular weight is 392 g/mol. The number of rotatable bonds is 3. The molecule has 28 heavy (non-hydrogen) atoms. The molecule has 5 rings (SSSR count). The monoisotopic (exact) mass is 392 g/mol. The summed E-state index contributed by atoms with van der Waals surface area (Å²) in [4.78, 5) is 27.3. The zero-order chi connectivity index (χ0) is 19.1. The molecule has 0 unspecified atom stereocenters. The Morgan fingerprint density at radius 3 is 2.96 bits per heavy atom. The summed E-state index contributed by atoms with van der Waals surface area (Å²) in [5.41, 5.74) is 3.43. The van der Waals surface area contributed by atoms with E-state index in [4.69, 9.17) is 9.72 Å². The molecule has 1 aliphatic heterocycles. The van der Waals surface area contributed by atoms with Crippen molar-refractivity contribution in [1.29, 1.82) is 0 Å². The van der Waals surface area contributed by atoms with Gasteiger partial charge in [0.15, 0.2) is 5.82 Å². The van der Waals surface area contributed by atoms with Crippen molar-refractivity contribution in [3.8, 4) is 11.5 Å². The number of aryl methyl sites for hydroxylation is 1. The van der Waals surface area contributed by atoms with E-state index in [9.17, 15) is 4.79 Å². The van der Waals surface area contributed by atoms with Crippen LogP contribution >= 0.6 is 11.3 Å². The Hall–Kier alpha value is -2.61. The first-order chi connectivity index (χ1) is 13.7. The molecule has 142 valence electrons. The molecule has 1 aliphatic rings. The van der Waals surface area contributed by atoms with E-state index in [0.717, 1.165) is 59.6 Å². The number of hydrogen-bond acceptors (Lipinski definition) is 6. The second-order valence-electron chi connectivity index (χ2n) is 7.14. The van der Waals surface area contributed by atoms with E-state index in [2.05, 4.69) is 20.9 Å². The highest BCUT2D eigenvalue weighted by atomic mass is 32.1. The van der Waals surface area contributed by atoms with Gasteiger partial charge < -0.3 is 9.72 Å². The molecule has 0 amide bonds. The molecule has 4 aromatic rings. The molecule has 1 saturated heterocycles. The Balaban J connectivity index is 1.55. The maximum Gasteiger partial charge on any atom is 0.259 e. The number of H-pyrrole nitrogens is 1. The molecule has 0 aliphatic carbocycles. The van der Waals surface area contributed by atoms with Gasteiger partial charge in [-0.1, -0.05) is 6.07 Å². The second kappa shape index (κ2) is 7.09. The average Bonchev–Trinajstić information content (AvgIpc) is 3.17. The SMILES string of the molecule is Cc1cc(CN2CCOCC2)cc2c(=O)[nH]c(-c3cc4sccc4cn3)nc12. The quantitative estimate of drug-likeness (QED) is 0.579. The number of hydrogen-bond donors (Lipinski definition) is 1. The van der Waals surface area contributed by atoms with Crippen molar-refractivity contribution >= 4 is 32.3 Å². The van der Waals surface area contributed by atoms with Gasteiger partial charge in [-0.25, -0.2) is 4.98 Å². The van der Waals surface area contributed by atoms with Gasteiger partial charge in [0, 0.05) is 35.9 Å². The number of aromatic nitrogens is 3. The van der Waals surface area contributed by atoms with Crippen LogP contribution in [0.2, 0.25) is 0 Å². The van der Waals surface area contributed by atoms with Crippen molar-refractivity contribution < 1.29 is 4.74 Å². The summed E-state index contributed by atoms with van der Waals surface area (Å²) in [7, 11) is 0. The first-order valence-corrected chi connectivity index (χ1v) is 10.2. The van der Waals surface area contributed by atoms with Crippen LogP contribution in [0.15, 0.2) is 40.6 Å². The molecule has 7 heteroatoms. The van der Waals surface area contributed by atoms with Crippen LogP contribution in [-0.4, -0.2) is 46.2 Å². The lowest BCUT2D eigenvalue weighted by Crippen LogP contribution is -2.35. The highest BCUT2D eigenvalue weighted by Crippen LogP contribution is 2.25. The van der Waals surface area contributed by atoms with Gasteiger partial charge in [0.1, 0.15) is 5.69 Å². The van der Waals surface area contributed by atoms with Crippen LogP contribution in [-0.2, 0) is 11.3 Å². The van der Waals surface area contributed by atoms with E-state index in [0.29, 0.717) is 16.9 Å². The number of thiophene rings is 1. The summed E-state index contributed by atoms with van der Waals surface area (Å²) in [6, 6.07) is 8.10. The minimum Gasteiger partial charge on any atom is -0.379 e. The zero-order valence-electron chi connectivity index (χ0n) is 15.6. The number of nitrogens with one attached hydrogen (secondary N) is 1. The minimum atomic E-state index is -0.125. The van der Waals surface area contributed by atoms with Gasteiger partial charge in [-0.05, 0) is 41.6 Å². The van der Waals surface area contributed by atoms with Crippen LogP contribution in [0.3, 0.4) is 0 Å². The summed E-state index contributed by atoms with van der Waals surface area (Å²) >= 11 is 1.65. The van der Waals surface area contributed by atoms with Crippen LogP contribution in [0.5, 0.6) is 0 Å². The fourth-order valence-corrected chi connectivity index (χ4v) is 4.50. The Labute approximate surface area is 165 Å². The van der Waals surface area contributed by atoms with Crippen LogP contribution in [0, 0.1) is 6.92 Å². The number of pyridine rings is 1. The predicted molar refractivity (Wildman–Crippen MR) is 112 cm³/mol. The molecule has 0 saturated carbocycles. The molecule has 0 atom stereocenters. The van der Waals surface area contributed by atoms with E-state index in [1.807, 2.05) is 36.7 Å². The molecule has 1 fully saturated rings. The van der Waals surface area contributed by atoms with Gasteiger partial charge in [-0.15, -0.1) is 11.3 Å². The van der Waals surface area contributed by atoms with E-state index in [-0.39, 0.29) is 5.56 Å². The Kier molecular flexibility index (Phi) is 4.43. The lowest BCUT2D eigenvalue weighted by molar-refractivity contribution is 0.0342. The lowest BCUT2D eigenvalue weighted by atomic mass is 10.1. The molecule has 0 bridgehead atoms. The first kappa shape index (κ1) is 17.5. The number of fused-ring (bicyclic) bond motifs is 2. The van der Waals surface area contributed by atoms with Crippen LogP contribution < -0.4 is 5.56 Å². The summed E-state index contributed by atoms with van der Waals surface area (Å²) in [5.74, 6) is 0.511. The number of benzene rings is 1. The highest BCUT2D eigenvalue weighted by molar-refractivity contribution is 7.17. The van der Waals surface area contributed by atoms with Crippen molar-refractivity contribution in [3.05, 3.63) is 57.3 Å². The van der Waals surface area contributed by atoms with E-state index in [1.54, 1.807) is 11.3 Å². The minimum absolute atomic E-state index is 0.125. The summed E-state index contributed by atoms with van der Waals surface area (Å²) in [6.45, 7) is 6.19. The summed E-state index contributed by atoms with van der Waals surface area (Å²) in [6.07, 6.45) is 1.82. The third-order valence-electron chi connectivity index (χ3n) is 5.15. The van der Waals surface area contributed by atoms with E-state index in [1.165, 1.54) is 0 Å². The molecule has 1 N–H and O–H groups in total. The van der Waals surface area contributed by atoms with Gasteiger partial charge in [0.05, 0.1) is 24.1 Å². The fraction of sp³-hybridized carbons (Fsp3) is 0.286. The first-order valence-electron chi connectivity index (χ1n) is 9.35. The van der Waals surface area contributed by atoms with Crippen LogP contribution in [0.4, 0.5) is 0 Å². The van der Waals surface area contributed by atoms with E-state index >= 15 is 0 Å². The van der Waals surface area contributed by atoms with Crippen LogP contribution in [0.1, 0.15) is 11.1 Å². The Morgan fingerprint density at radius 1 is 1.25 bits per heavy atom. The predicted octanol–water partition coefficient (Wildman–Crippen LogP) is 3.34. The Morgan fingerprint density at radius 2 is 2.11 bits per heavy atom. The molecule has 0 radical (unpaired) electrons. The van der Waals surface area contributed by atoms with E-state index < -0.39 is 0 Å². The number of ether oxygens (including phenoxy) is 1. The zero-order valence-corrected chi connectivity index (χ0v) is 16.4. The topological polar surface area (TPSA) is 71.1 Å². The Bertz CT molecular complexity index is 1220. The third-order valence-corrected chi connectivity index (χ3v) is 6.03. The highest BCUT2D eigenvalue weighted by Gasteiger charge is 2.14. The third kappa shape index (κ3) is 3.22. The van der Waals surface area contributed by atoms with Gasteiger partial charge >= 0.3 is 0 Å². The van der Waals surface area contributed by atoms with Gasteiger partial charge in [-0.2, -0.15) is 0 Å². The van der Waals surface area contributed by atoms with Gasteiger partial charge in [0.2, 0.25) is 0 Å².